The van der Waals surface area contributed by atoms with Crippen LogP contribution in [0.2, 0.25) is 0 Å². The molecule has 0 radical (unpaired) electrons. The Bertz CT molecular complexity index is 1210. The molecule has 0 aliphatic carbocycles. The predicted molar refractivity (Wildman–Crippen MR) is 134 cm³/mol. The summed E-state index contributed by atoms with van der Waals surface area (Å²) in [7, 11) is 0. The molecule has 2 fully saturated rings. The lowest BCUT2D eigenvalue weighted by molar-refractivity contribution is -0.144. The van der Waals surface area contributed by atoms with Gasteiger partial charge in [0.1, 0.15) is 18.1 Å². The summed E-state index contributed by atoms with van der Waals surface area (Å²) in [5.74, 6) is -5.95. The number of likely N-dealkylation sites (tertiary alicyclic amines) is 1. The molecule has 4 rings (SSSR count). The second-order valence-electron chi connectivity index (χ2n) is 10.1. The van der Waals surface area contributed by atoms with Gasteiger partial charge in [0.25, 0.3) is 0 Å². The summed E-state index contributed by atoms with van der Waals surface area (Å²) < 4.78 is 50.1. The van der Waals surface area contributed by atoms with E-state index < -0.39 is 53.4 Å². The van der Waals surface area contributed by atoms with Crippen molar-refractivity contribution in [2.24, 2.45) is 11.8 Å². The zero-order chi connectivity index (χ0) is 28.2. The molecule has 2 heterocycles. The maximum absolute atomic E-state index is 15.6. The molecule has 8 nitrogen and oxygen atoms in total. The number of aldehydes is 1. The highest BCUT2D eigenvalue weighted by Crippen LogP contribution is 2.43. The van der Waals surface area contributed by atoms with Crippen LogP contribution < -0.4 is 10.6 Å². The maximum Gasteiger partial charge on any atom is 0.408 e. The molecule has 2 aromatic rings. The van der Waals surface area contributed by atoms with Gasteiger partial charge in [-0.3, -0.25) is 9.59 Å². The first-order chi connectivity index (χ1) is 18.6. The highest BCUT2D eigenvalue weighted by atomic mass is 19.3. The van der Waals surface area contributed by atoms with Gasteiger partial charge in [0, 0.05) is 24.6 Å². The van der Waals surface area contributed by atoms with Gasteiger partial charge in [0.05, 0.1) is 6.04 Å². The normalized spacial score (nSPS) is 23.1. The SMILES string of the molecule is CC1C[C@H](NC(=O)O[C@@H](c2ccccc2)C(F)(F)c2cccc(F)c2)C(=O)N([C@H](C=O)C[C@@H]2CCNC2=O)C1. The molecule has 208 valence electrons. The topological polar surface area (TPSA) is 105 Å². The van der Waals surface area contributed by atoms with E-state index in [1.165, 1.54) is 29.2 Å². The number of nitrogens with zero attached hydrogens (tertiary/aromatic N) is 1. The van der Waals surface area contributed by atoms with Crippen molar-refractivity contribution in [3.63, 3.8) is 0 Å². The minimum atomic E-state index is -3.80. The van der Waals surface area contributed by atoms with Crippen LogP contribution in [0.5, 0.6) is 0 Å². The third-order valence-corrected chi connectivity index (χ3v) is 7.13. The van der Waals surface area contributed by atoms with Crippen molar-refractivity contribution in [2.45, 2.75) is 50.3 Å². The van der Waals surface area contributed by atoms with E-state index in [0.717, 1.165) is 18.2 Å². The van der Waals surface area contributed by atoms with Crippen LogP contribution >= 0.6 is 0 Å². The van der Waals surface area contributed by atoms with E-state index in [4.69, 9.17) is 4.74 Å². The van der Waals surface area contributed by atoms with Crippen LogP contribution in [0.3, 0.4) is 0 Å². The molecule has 1 unspecified atom stereocenters. The number of halogens is 3. The van der Waals surface area contributed by atoms with Crippen LogP contribution in [0, 0.1) is 17.7 Å². The molecule has 2 aliphatic rings. The standard InChI is InChI=1S/C28H30F3N3O5/c1-17-12-23(26(37)34(15-17)22(16-35)13-19-10-11-32-25(19)36)33-27(38)39-24(18-6-3-2-4-7-18)28(30,31)20-8-5-9-21(29)14-20/h2-9,14,16-17,19,22-24H,10-13,15H2,1H3,(H,32,36)(H,33,38)/t17?,19-,22-,23-,24-/m0/s1. The summed E-state index contributed by atoms with van der Waals surface area (Å²) in [4.78, 5) is 51.4. The Labute approximate surface area is 223 Å². The van der Waals surface area contributed by atoms with Crippen molar-refractivity contribution in [2.75, 3.05) is 13.1 Å². The first-order valence-electron chi connectivity index (χ1n) is 12.8. The van der Waals surface area contributed by atoms with Gasteiger partial charge < -0.3 is 25.1 Å². The number of hydrogen-bond donors (Lipinski definition) is 2. The van der Waals surface area contributed by atoms with Crippen molar-refractivity contribution in [3.8, 4) is 0 Å². The molecule has 0 saturated carbocycles. The maximum atomic E-state index is 15.6. The van der Waals surface area contributed by atoms with E-state index in [-0.39, 0.29) is 36.8 Å². The number of carbonyl (C=O) groups excluding carboxylic acids is 4. The molecule has 2 saturated heterocycles. The number of rotatable bonds is 9. The summed E-state index contributed by atoms with van der Waals surface area (Å²) in [6.45, 7) is 2.57. The fraction of sp³-hybridized carbons (Fsp3) is 0.429. The molecule has 39 heavy (non-hydrogen) atoms. The third kappa shape index (κ3) is 6.40. The molecule has 0 bridgehead atoms. The zero-order valence-electron chi connectivity index (χ0n) is 21.3. The van der Waals surface area contributed by atoms with Crippen molar-refractivity contribution in [1.29, 1.82) is 0 Å². The molecular formula is C28H30F3N3O5. The number of hydrogen-bond acceptors (Lipinski definition) is 5. The minimum absolute atomic E-state index is 0.0252. The van der Waals surface area contributed by atoms with Gasteiger partial charge in [-0.05, 0) is 42.9 Å². The fourth-order valence-corrected chi connectivity index (χ4v) is 5.15. The van der Waals surface area contributed by atoms with Crippen LogP contribution in [-0.4, -0.2) is 54.3 Å². The molecule has 5 atom stereocenters. The van der Waals surface area contributed by atoms with Crippen molar-refractivity contribution in [3.05, 3.63) is 71.5 Å². The second kappa shape index (κ2) is 11.9. The van der Waals surface area contributed by atoms with Gasteiger partial charge in [-0.2, -0.15) is 8.78 Å². The Morgan fingerprint density at radius 2 is 1.95 bits per heavy atom. The fourth-order valence-electron chi connectivity index (χ4n) is 5.15. The van der Waals surface area contributed by atoms with Crippen LogP contribution in [0.15, 0.2) is 54.6 Å². The van der Waals surface area contributed by atoms with Gasteiger partial charge in [0.15, 0.2) is 6.10 Å². The molecular weight excluding hydrogens is 515 g/mol. The summed E-state index contributed by atoms with van der Waals surface area (Å²) in [6, 6.07) is 9.19. The quantitative estimate of drug-likeness (QED) is 0.468. The Kier molecular flexibility index (Phi) is 8.57. The van der Waals surface area contributed by atoms with E-state index in [0.29, 0.717) is 25.3 Å². The number of nitrogens with one attached hydrogen (secondary N) is 2. The minimum Gasteiger partial charge on any atom is -0.434 e. The predicted octanol–water partition coefficient (Wildman–Crippen LogP) is 3.72. The van der Waals surface area contributed by atoms with Crippen LogP contribution in [0.25, 0.3) is 0 Å². The van der Waals surface area contributed by atoms with Gasteiger partial charge in [-0.15, -0.1) is 0 Å². The van der Waals surface area contributed by atoms with Crippen molar-refractivity contribution < 1.29 is 37.1 Å². The van der Waals surface area contributed by atoms with E-state index in [2.05, 4.69) is 10.6 Å². The Hall–Kier alpha value is -3.89. The summed E-state index contributed by atoms with van der Waals surface area (Å²) in [6.07, 6.45) is -1.85. The molecule has 2 N–H and O–H groups in total. The van der Waals surface area contributed by atoms with Crippen molar-refractivity contribution in [1.82, 2.24) is 15.5 Å². The van der Waals surface area contributed by atoms with Crippen LogP contribution in [0.1, 0.15) is 43.4 Å². The second-order valence-corrected chi connectivity index (χ2v) is 10.1. The van der Waals surface area contributed by atoms with E-state index >= 15 is 8.78 Å². The lowest BCUT2D eigenvalue weighted by Crippen LogP contribution is -2.58. The van der Waals surface area contributed by atoms with Gasteiger partial charge in [-0.25, -0.2) is 9.18 Å². The molecule has 11 heteroatoms. The van der Waals surface area contributed by atoms with E-state index in [1.54, 1.807) is 6.07 Å². The largest absolute Gasteiger partial charge is 0.434 e. The third-order valence-electron chi connectivity index (χ3n) is 7.13. The van der Waals surface area contributed by atoms with Gasteiger partial charge in [-0.1, -0.05) is 49.4 Å². The molecule has 2 aliphatic heterocycles. The van der Waals surface area contributed by atoms with Crippen molar-refractivity contribution >= 4 is 24.2 Å². The number of alkyl carbamates (subject to hydrolysis) is 1. The smallest absolute Gasteiger partial charge is 0.408 e. The van der Waals surface area contributed by atoms with Gasteiger partial charge in [0.2, 0.25) is 11.8 Å². The first kappa shape index (κ1) is 28.1. The number of amides is 3. The average Bonchev–Trinajstić information content (AvgIpc) is 3.32. The number of ether oxygens (including phenoxy) is 1. The Balaban J connectivity index is 1.51. The van der Waals surface area contributed by atoms with E-state index in [1.807, 2.05) is 6.92 Å². The molecule has 2 aromatic carbocycles. The highest BCUT2D eigenvalue weighted by Gasteiger charge is 2.46. The first-order valence-corrected chi connectivity index (χ1v) is 12.8. The lowest BCUT2D eigenvalue weighted by atomic mass is 9.91. The van der Waals surface area contributed by atoms with Crippen LogP contribution in [0.4, 0.5) is 18.0 Å². The van der Waals surface area contributed by atoms with Crippen LogP contribution in [-0.2, 0) is 25.0 Å². The Morgan fingerprint density at radius 1 is 1.21 bits per heavy atom. The van der Waals surface area contributed by atoms with E-state index in [9.17, 15) is 23.6 Å². The number of alkyl halides is 2. The average molecular weight is 546 g/mol. The lowest BCUT2D eigenvalue weighted by Gasteiger charge is -2.39. The zero-order valence-corrected chi connectivity index (χ0v) is 21.3. The molecule has 0 spiro atoms. The Morgan fingerprint density at radius 3 is 2.59 bits per heavy atom. The monoisotopic (exact) mass is 545 g/mol. The summed E-state index contributed by atoms with van der Waals surface area (Å²) in [5, 5.41) is 5.09. The number of carbonyl (C=O) groups is 4. The summed E-state index contributed by atoms with van der Waals surface area (Å²) in [5.41, 5.74) is -0.704. The number of benzene rings is 2. The molecule has 0 aromatic heterocycles. The molecule has 3 amide bonds. The summed E-state index contributed by atoms with van der Waals surface area (Å²) >= 11 is 0. The van der Waals surface area contributed by atoms with Gasteiger partial charge >= 0.3 is 12.0 Å². The number of piperidine rings is 1. The highest BCUT2D eigenvalue weighted by molar-refractivity contribution is 5.89.